The molecule has 0 aliphatic heterocycles. The molecule has 100 valence electrons. The van der Waals surface area contributed by atoms with Gasteiger partial charge in [0.1, 0.15) is 6.33 Å². The molecule has 1 aromatic heterocycles. The van der Waals surface area contributed by atoms with Gasteiger partial charge in [-0.05, 0) is 23.6 Å². The lowest BCUT2D eigenvalue weighted by Gasteiger charge is -2.08. The summed E-state index contributed by atoms with van der Waals surface area (Å²) in [7, 11) is 0. The Morgan fingerprint density at radius 2 is 2.11 bits per heavy atom. The van der Waals surface area contributed by atoms with E-state index >= 15 is 0 Å². The molecule has 0 spiro atoms. The molecule has 2 rings (SSSR count). The minimum absolute atomic E-state index is 0.0568. The van der Waals surface area contributed by atoms with Gasteiger partial charge < -0.3 is 5.32 Å². The van der Waals surface area contributed by atoms with Gasteiger partial charge in [-0.15, -0.1) is 0 Å². The van der Waals surface area contributed by atoms with Crippen molar-refractivity contribution >= 4 is 23.4 Å². The lowest BCUT2D eigenvalue weighted by atomic mass is 10.0. The largest absolute Gasteiger partial charge is 0.325 e. The molecule has 0 saturated carbocycles. The third-order valence-electron chi connectivity index (χ3n) is 2.59. The smallest absolute Gasteiger partial charge is 0.234 e. The van der Waals surface area contributed by atoms with E-state index in [-0.39, 0.29) is 5.91 Å². The van der Waals surface area contributed by atoms with Crippen LogP contribution in [0.3, 0.4) is 0 Å². The second-order valence-corrected chi connectivity index (χ2v) is 5.37. The molecular formula is C13H16N4OS. The van der Waals surface area contributed by atoms with Gasteiger partial charge in [-0.2, -0.15) is 5.10 Å². The van der Waals surface area contributed by atoms with Gasteiger partial charge in [-0.1, -0.05) is 37.7 Å². The van der Waals surface area contributed by atoms with Crippen LogP contribution in [0.2, 0.25) is 0 Å². The van der Waals surface area contributed by atoms with Crippen molar-refractivity contribution in [2.45, 2.75) is 24.9 Å². The van der Waals surface area contributed by atoms with Crippen molar-refractivity contribution < 1.29 is 4.79 Å². The zero-order chi connectivity index (χ0) is 13.7. The Labute approximate surface area is 116 Å². The minimum atomic E-state index is -0.0568. The molecule has 6 heteroatoms. The maximum absolute atomic E-state index is 11.7. The van der Waals surface area contributed by atoms with E-state index in [1.54, 1.807) is 0 Å². The highest BCUT2D eigenvalue weighted by Crippen LogP contribution is 2.17. The first-order valence-electron chi connectivity index (χ1n) is 6.03. The van der Waals surface area contributed by atoms with Crippen molar-refractivity contribution in [3.05, 3.63) is 36.2 Å². The zero-order valence-corrected chi connectivity index (χ0v) is 11.7. The van der Waals surface area contributed by atoms with Crippen LogP contribution in [0, 0.1) is 0 Å². The molecule has 0 fully saturated rings. The summed E-state index contributed by atoms with van der Waals surface area (Å²) < 4.78 is 0. The van der Waals surface area contributed by atoms with Gasteiger partial charge in [0.15, 0.2) is 5.16 Å². The van der Waals surface area contributed by atoms with Gasteiger partial charge in [0.25, 0.3) is 0 Å². The number of nitrogens with zero attached hydrogens (tertiary/aromatic N) is 2. The minimum Gasteiger partial charge on any atom is -0.325 e. The molecule has 2 N–H and O–H groups in total. The summed E-state index contributed by atoms with van der Waals surface area (Å²) in [6.07, 6.45) is 1.42. The predicted molar refractivity (Wildman–Crippen MR) is 76.3 cm³/mol. The molecule has 0 saturated heterocycles. The summed E-state index contributed by atoms with van der Waals surface area (Å²) in [4.78, 5) is 15.7. The van der Waals surface area contributed by atoms with Gasteiger partial charge in [0, 0.05) is 5.69 Å². The summed E-state index contributed by atoms with van der Waals surface area (Å²) in [5, 5.41) is 9.91. The Morgan fingerprint density at radius 1 is 1.37 bits per heavy atom. The molecule has 0 unspecified atom stereocenters. The highest BCUT2D eigenvalue weighted by atomic mass is 32.2. The Bertz CT molecular complexity index is 522. The van der Waals surface area contributed by atoms with E-state index < -0.39 is 0 Å². The molecule has 1 heterocycles. The molecular weight excluding hydrogens is 260 g/mol. The van der Waals surface area contributed by atoms with Gasteiger partial charge >= 0.3 is 0 Å². The van der Waals surface area contributed by atoms with E-state index in [1.807, 2.05) is 24.3 Å². The molecule has 5 nitrogen and oxygen atoms in total. The van der Waals surface area contributed by atoms with Crippen LogP contribution in [0.5, 0.6) is 0 Å². The molecule has 1 amide bonds. The number of rotatable bonds is 5. The fraction of sp³-hybridized carbons (Fsp3) is 0.308. The SMILES string of the molecule is CC(C)c1ccc(NC(=O)CSc2ncn[nH]2)cc1. The average Bonchev–Trinajstić information content (AvgIpc) is 2.90. The van der Waals surface area contributed by atoms with E-state index in [0.717, 1.165) is 5.69 Å². The van der Waals surface area contributed by atoms with E-state index in [0.29, 0.717) is 16.8 Å². The maximum atomic E-state index is 11.7. The fourth-order valence-electron chi connectivity index (χ4n) is 1.55. The molecule has 0 radical (unpaired) electrons. The standard InChI is InChI=1S/C13H16N4OS/c1-9(2)10-3-5-11(6-4-10)16-12(18)7-19-13-14-8-15-17-13/h3-6,8-9H,7H2,1-2H3,(H,16,18)(H,14,15,17). The third kappa shape index (κ3) is 4.10. The quantitative estimate of drug-likeness (QED) is 0.824. The second kappa shape index (κ2) is 6.38. The molecule has 0 bridgehead atoms. The number of amides is 1. The number of nitrogens with one attached hydrogen (secondary N) is 2. The summed E-state index contributed by atoms with van der Waals surface area (Å²) in [6, 6.07) is 7.91. The van der Waals surface area contributed by atoms with Crippen LogP contribution in [0.1, 0.15) is 25.3 Å². The van der Waals surface area contributed by atoms with Gasteiger partial charge in [-0.3, -0.25) is 9.89 Å². The zero-order valence-electron chi connectivity index (χ0n) is 10.9. The number of hydrogen-bond acceptors (Lipinski definition) is 4. The van der Waals surface area contributed by atoms with Crippen LogP contribution in [0.15, 0.2) is 35.7 Å². The number of carbonyl (C=O) groups is 1. The Balaban J connectivity index is 1.84. The van der Waals surface area contributed by atoms with Crippen molar-refractivity contribution in [3.63, 3.8) is 0 Å². The molecule has 0 atom stereocenters. The number of hydrogen-bond donors (Lipinski definition) is 2. The van der Waals surface area contributed by atoms with Crippen molar-refractivity contribution in [3.8, 4) is 0 Å². The lowest BCUT2D eigenvalue weighted by molar-refractivity contribution is -0.113. The predicted octanol–water partition coefficient (Wildman–Crippen LogP) is 2.66. The monoisotopic (exact) mass is 276 g/mol. The molecule has 0 aliphatic carbocycles. The highest BCUT2D eigenvalue weighted by molar-refractivity contribution is 7.99. The van der Waals surface area contributed by atoms with E-state index in [2.05, 4.69) is 34.3 Å². The number of carbonyl (C=O) groups excluding carboxylic acids is 1. The van der Waals surface area contributed by atoms with E-state index in [9.17, 15) is 4.79 Å². The fourth-order valence-corrected chi connectivity index (χ4v) is 2.13. The number of H-pyrrole nitrogens is 1. The number of aromatic nitrogens is 3. The highest BCUT2D eigenvalue weighted by Gasteiger charge is 2.05. The Hall–Kier alpha value is -1.82. The van der Waals surface area contributed by atoms with Crippen molar-refractivity contribution in [2.75, 3.05) is 11.1 Å². The first-order valence-corrected chi connectivity index (χ1v) is 7.01. The average molecular weight is 276 g/mol. The van der Waals surface area contributed by atoms with Crippen molar-refractivity contribution in [1.29, 1.82) is 0 Å². The summed E-state index contributed by atoms with van der Waals surface area (Å²) in [5.74, 6) is 0.742. The van der Waals surface area contributed by atoms with E-state index in [4.69, 9.17) is 0 Å². The van der Waals surface area contributed by atoms with Crippen LogP contribution < -0.4 is 5.32 Å². The normalized spacial score (nSPS) is 10.7. The van der Waals surface area contributed by atoms with Crippen molar-refractivity contribution in [1.82, 2.24) is 15.2 Å². The summed E-state index contributed by atoms with van der Waals surface area (Å²) in [6.45, 7) is 4.28. The number of aromatic amines is 1. The van der Waals surface area contributed by atoms with Crippen LogP contribution in [-0.2, 0) is 4.79 Å². The van der Waals surface area contributed by atoms with Crippen LogP contribution in [-0.4, -0.2) is 26.8 Å². The molecule has 0 aliphatic rings. The first-order chi connectivity index (χ1) is 9.15. The van der Waals surface area contributed by atoms with Crippen LogP contribution in [0.25, 0.3) is 0 Å². The summed E-state index contributed by atoms with van der Waals surface area (Å²) >= 11 is 1.32. The topological polar surface area (TPSA) is 70.7 Å². The molecule has 1 aromatic carbocycles. The van der Waals surface area contributed by atoms with Crippen molar-refractivity contribution in [2.24, 2.45) is 0 Å². The summed E-state index contributed by atoms with van der Waals surface area (Å²) in [5.41, 5.74) is 2.07. The van der Waals surface area contributed by atoms with E-state index in [1.165, 1.54) is 23.7 Å². The third-order valence-corrected chi connectivity index (χ3v) is 3.47. The van der Waals surface area contributed by atoms with Gasteiger partial charge in [0.2, 0.25) is 5.91 Å². The number of thioether (sulfide) groups is 1. The van der Waals surface area contributed by atoms with Crippen LogP contribution in [0.4, 0.5) is 5.69 Å². The lowest BCUT2D eigenvalue weighted by Crippen LogP contribution is -2.14. The Morgan fingerprint density at radius 3 is 2.68 bits per heavy atom. The number of benzene rings is 1. The first kappa shape index (κ1) is 13.6. The number of anilines is 1. The second-order valence-electron chi connectivity index (χ2n) is 4.40. The van der Waals surface area contributed by atoms with Gasteiger partial charge in [0.05, 0.1) is 5.75 Å². The molecule has 2 aromatic rings. The van der Waals surface area contributed by atoms with Crippen LogP contribution >= 0.6 is 11.8 Å². The Kier molecular flexibility index (Phi) is 4.57. The maximum Gasteiger partial charge on any atom is 0.234 e. The van der Waals surface area contributed by atoms with Gasteiger partial charge in [-0.25, -0.2) is 4.98 Å². The molecule has 19 heavy (non-hydrogen) atoms.